The Morgan fingerprint density at radius 3 is 2.58 bits per heavy atom. The molecule has 0 spiro atoms. The molecular weight excluding hydrogens is 262 g/mol. The number of carboxylic acids is 1. The average Bonchev–Trinajstić information content (AvgIpc) is 2.27. The highest BCUT2D eigenvalue weighted by Crippen LogP contribution is 2.27. The summed E-state index contributed by atoms with van der Waals surface area (Å²) in [6.07, 6.45) is -0.110. The molecule has 0 fully saturated rings. The fourth-order valence-electron chi connectivity index (χ4n) is 1.95. The van der Waals surface area contributed by atoms with Gasteiger partial charge in [-0.3, -0.25) is 4.79 Å². The lowest BCUT2D eigenvalue weighted by atomic mass is 9.86. The molecule has 0 aliphatic heterocycles. The molecule has 0 aliphatic carbocycles. The molecular formula is C15H16ClNO2. The minimum Gasteiger partial charge on any atom is -0.481 e. The van der Waals surface area contributed by atoms with E-state index in [1.54, 1.807) is 0 Å². The summed E-state index contributed by atoms with van der Waals surface area (Å²) in [5.74, 6) is -0.907. The van der Waals surface area contributed by atoms with Gasteiger partial charge in [0.05, 0.1) is 11.9 Å². The molecule has 0 saturated heterocycles. The summed E-state index contributed by atoms with van der Waals surface area (Å²) in [4.78, 5) is 15.1. The molecule has 0 aliphatic rings. The number of rotatable bonds is 2. The largest absolute Gasteiger partial charge is 0.481 e. The number of nitrogens with zero attached hydrogens (tertiary/aromatic N) is 1. The van der Waals surface area contributed by atoms with Crippen LogP contribution >= 0.6 is 11.6 Å². The highest BCUT2D eigenvalue weighted by molar-refractivity contribution is 6.30. The number of benzene rings is 1. The van der Waals surface area contributed by atoms with Crippen molar-refractivity contribution in [3.63, 3.8) is 0 Å². The van der Waals surface area contributed by atoms with Crippen LogP contribution < -0.4 is 0 Å². The van der Waals surface area contributed by atoms with Gasteiger partial charge in [0.25, 0.3) is 0 Å². The van der Waals surface area contributed by atoms with Gasteiger partial charge in [-0.25, -0.2) is 4.98 Å². The molecule has 0 atom stereocenters. The van der Waals surface area contributed by atoms with Crippen LogP contribution in [0.15, 0.2) is 24.3 Å². The van der Waals surface area contributed by atoms with E-state index in [-0.39, 0.29) is 17.0 Å². The van der Waals surface area contributed by atoms with Gasteiger partial charge < -0.3 is 5.11 Å². The Balaban J connectivity index is 2.58. The van der Waals surface area contributed by atoms with Crippen molar-refractivity contribution in [1.29, 1.82) is 0 Å². The minimum atomic E-state index is -0.907. The Labute approximate surface area is 117 Å². The molecule has 0 bridgehead atoms. The second kappa shape index (κ2) is 4.82. The smallest absolute Gasteiger partial charge is 0.307 e. The quantitative estimate of drug-likeness (QED) is 0.849. The van der Waals surface area contributed by atoms with Crippen molar-refractivity contribution in [3.8, 4) is 0 Å². The SMILES string of the molecule is CC(C)(C)c1ccc2nc(Cl)c(CC(=O)O)cc2c1. The maximum absolute atomic E-state index is 10.8. The lowest BCUT2D eigenvalue weighted by Gasteiger charge is -2.19. The molecule has 1 aromatic carbocycles. The van der Waals surface area contributed by atoms with E-state index in [0.29, 0.717) is 5.56 Å². The van der Waals surface area contributed by atoms with Crippen molar-refractivity contribution in [1.82, 2.24) is 4.98 Å². The molecule has 3 nitrogen and oxygen atoms in total. The normalized spacial score (nSPS) is 11.8. The summed E-state index contributed by atoms with van der Waals surface area (Å²) in [7, 11) is 0. The number of halogens is 1. The number of hydrogen-bond donors (Lipinski definition) is 1. The molecule has 0 saturated carbocycles. The summed E-state index contributed by atoms with van der Waals surface area (Å²) in [5, 5.41) is 10.0. The van der Waals surface area contributed by atoms with E-state index in [9.17, 15) is 4.79 Å². The van der Waals surface area contributed by atoms with Gasteiger partial charge in [0, 0.05) is 10.9 Å². The summed E-state index contributed by atoms with van der Waals surface area (Å²) >= 11 is 6.00. The summed E-state index contributed by atoms with van der Waals surface area (Å²) < 4.78 is 0. The molecule has 100 valence electrons. The Bertz CT molecular complexity index is 644. The molecule has 1 heterocycles. The highest BCUT2D eigenvalue weighted by Gasteiger charge is 2.15. The molecule has 2 aromatic rings. The predicted molar refractivity (Wildman–Crippen MR) is 76.8 cm³/mol. The first-order valence-corrected chi connectivity index (χ1v) is 6.46. The van der Waals surface area contributed by atoms with Gasteiger partial charge in [-0.15, -0.1) is 0 Å². The highest BCUT2D eigenvalue weighted by atomic mass is 35.5. The Morgan fingerprint density at radius 2 is 2.00 bits per heavy atom. The van der Waals surface area contributed by atoms with Crippen LogP contribution in [-0.4, -0.2) is 16.1 Å². The van der Waals surface area contributed by atoms with Gasteiger partial charge in [0.15, 0.2) is 0 Å². The van der Waals surface area contributed by atoms with Crippen LogP contribution in [0.5, 0.6) is 0 Å². The van der Waals surface area contributed by atoms with Crippen LogP contribution in [0.1, 0.15) is 31.9 Å². The van der Waals surface area contributed by atoms with Gasteiger partial charge >= 0.3 is 5.97 Å². The zero-order chi connectivity index (χ0) is 14.2. The predicted octanol–water partition coefficient (Wildman–Crippen LogP) is 3.81. The van der Waals surface area contributed by atoms with Gasteiger partial charge in [-0.05, 0) is 29.2 Å². The van der Waals surface area contributed by atoms with Crippen LogP contribution in [0.3, 0.4) is 0 Å². The fraction of sp³-hybridized carbons (Fsp3) is 0.333. The standard InChI is InChI=1S/C15H16ClNO2/c1-15(2,3)11-4-5-12-9(7-11)6-10(8-13(18)19)14(16)17-12/h4-7H,8H2,1-3H3,(H,18,19). The molecule has 0 amide bonds. The zero-order valence-electron chi connectivity index (χ0n) is 11.2. The lowest BCUT2D eigenvalue weighted by molar-refractivity contribution is -0.136. The van der Waals surface area contributed by atoms with Crippen LogP contribution in [0.4, 0.5) is 0 Å². The van der Waals surface area contributed by atoms with E-state index >= 15 is 0 Å². The molecule has 1 N–H and O–H groups in total. The van der Waals surface area contributed by atoms with Gasteiger partial charge in [-0.2, -0.15) is 0 Å². The molecule has 1 aromatic heterocycles. The van der Waals surface area contributed by atoms with Crippen molar-refractivity contribution < 1.29 is 9.90 Å². The second-order valence-corrected chi connectivity index (χ2v) is 6.02. The number of carboxylic acid groups (broad SMARTS) is 1. The van der Waals surface area contributed by atoms with Crippen LogP contribution in [0.2, 0.25) is 5.15 Å². The number of aromatic nitrogens is 1. The molecule has 4 heteroatoms. The van der Waals surface area contributed by atoms with Crippen LogP contribution in [0, 0.1) is 0 Å². The average molecular weight is 278 g/mol. The number of carbonyl (C=O) groups is 1. The molecule has 0 unspecified atom stereocenters. The van der Waals surface area contributed by atoms with Gasteiger partial charge in [-0.1, -0.05) is 38.4 Å². The zero-order valence-corrected chi connectivity index (χ0v) is 12.0. The molecule has 2 rings (SSSR count). The van der Waals surface area contributed by atoms with Crippen molar-refractivity contribution in [2.75, 3.05) is 0 Å². The number of aliphatic carboxylic acids is 1. The van der Waals surface area contributed by atoms with Crippen LogP contribution in [0.25, 0.3) is 10.9 Å². The summed E-state index contributed by atoms with van der Waals surface area (Å²) in [6, 6.07) is 7.81. The molecule has 0 radical (unpaired) electrons. The monoisotopic (exact) mass is 277 g/mol. The van der Waals surface area contributed by atoms with Crippen molar-refractivity contribution in [2.45, 2.75) is 32.6 Å². The maximum Gasteiger partial charge on any atom is 0.307 e. The van der Waals surface area contributed by atoms with Crippen LogP contribution in [-0.2, 0) is 16.6 Å². The number of hydrogen-bond acceptors (Lipinski definition) is 2. The number of fused-ring (bicyclic) bond motifs is 1. The maximum atomic E-state index is 10.8. The van der Waals surface area contributed by atoms with Crippen molar-refractivity contribution in [3.05, 3.63) is 40.5 Å². The van der Waals surface area contributed by atoms with E-state index in [0.717, 1.165) is 10.9 Å². The van der Waals surface area contributed by atoms with Crippen molar-refractivity contribution in [2.24, 2.45) is 0 Å². The first kappa shape index (κ1) is 13.8. The summed E-state index contributed by atoms with van der Waals surface area (Å²) in [5.41, 5.74) is 2.56. The first-order valence-electron chi connectivity index (χ1n) is 6.09. The van der Waals surface area contributed by atoms with E-state index in [2.05, 4.69) is 25.8 Å². The first-order chi connectivity index (χ1) is 8.77. The van der Waals surface area contributed by atoms with E-state index in [1.165, 1.54) is 5.56 Å². The Kier molecular flexibility index (Phi) is 3.50. The fourth-order valence-corrected chi connectivity index (χ4v) is 2.16. The molecule has 19 heavy (non-hydrogen) atoms. The number of pyridine rings is 1. The Morgan fingerprint density at radius 1 is 1.32 bits per heavy atom. The van der Waals surface area contributed by atoms with Gasteiger partial charge in [0.2, 0.25) is 0 Å². The van der Waals surface area contributed by atoms with E-state index in [4.69, 9.17) is 16.7 Å². The lowest BCUT2D eigenvalue weighted by Crippen LogP contribution is -2.10. The van der Waals surface area contributed by atoms with E-state index < -0.39 is 5.97 Å². The minimum absolute atomic E-state index is 0.0424. The second-order valence-electron chi connectivity index (χ2n) is 5.67. The topological polar surface area (TPSA) is 50.2 Å². The Hall–Kier alpha value is -1.61. The third-order valence-corrected chi connectivity index (χ3v) is 3.38. The van der Waals surface area contributed by atoms with E-state index in [1.807, 2.05) is 24.3 Å². The van der Waals surface area contributed by atoms with Gasteiger partial charge in [0.1, 0.15) is 5.15 Å². The third-order valence-electron chi connectivity index (χ3n) is 3.05. The summed E-state index contributed by atoms with van der Waals surface area (Å²) in [6.45, 7) is 6.40. The third kappa shape index (κ3) is 3.04. The van der Waals surface area contributed by atoms with Crippen molar-refractivity contribution >= 4 is 28.5 Å².